The van der Waals surface area contributed by atoms with Gasteiger partial charge in [-0.3, -0.25) is 4.79 Å². The van der Waals surface area contributed by atoms with Crippen LogP contribution in [0.5, 0.6) is 5.75 Å². The van der Waals surface area contributed by atoms with Gasteiger partial charge < -0.3 is 5.11 Å². The summed E-state index contributed by atoms with van der Waals surface area (Å²) in [6, 6.07) is 5.18. The maximum absolute atomic E-state index is 11.1. The SMILES string of the molecule is CC1C(=O)c2c(O)cccc21. The van der Waals surface area contributed by atoms with Crippen molar-refractivity contribution in [2.75, 3.05) is 0 Å². The Morgan fingerprint density at radius 2 is 2.18 bits per heavy atom. The molecular weight excluding hydrogens is 140 g/mol. The van der Waals surface area contributed by atoms with E-state index in [-0.39, 0.29) is 17.5 Å². The minimum Gasteiger partial charge on any atom is -0.507 e. The van der Waals surface area contributed by atoms with E-state index in [0.717, 1.165) is 5.56 Å². The molecule has 0 spiro atoms. The Hall–Kier alpha value is -1.31. The van der Waals surface area contributed by atoms with Gasteiger partial charge in [0.1, 0.15) is 5.75 Å². The Morgan fingerprint density at radius 3 is 2.82 bits per heavy atom. The first-order chi connectivity index (χ1) is 5.22. The third-order valence-electron chi connectivity index (χ3n) is 2.18. The van der Waals surface area contributed by atoms with Crippen molar-refractivity contribution in [1.82, 2.24) is 0 Å². The number of rotatable bonds is 0. The van der Waals surface area contributed by atoms with Crippen molar-refractivity contribution in [3.05, 3.63) is 29.3 Å². The molecule has 0 aromatic heterocycles. The molecule has 2 heteroatoms. The van der Waals surface area contributed by atoms with Crippen molar-refractivity contribution >= 4 is 5.78 Å². The van der Waals surface area contributed by atoms with Crippen molar-refractivity contribution in [2.45, 2.75) is 12.8 Å². The number of hydrogen-bond donors (Lipinski definition) is 1. The molecule has 1 aromatic rings. The van der Waals surface area contributed by atoms with E-state index in [9.17, 15) is 9.90 Å². The fraction of sp³-hybridized carbons (Fsp3) is 0.222. The van der Waals surface area contributed by atoms with Gasteiger partial charge in [-0.1, -0.05) is 19.1 Å². The predicted molar refractivity (Wildman–Crippen MR) is 40.9 cm³/mol. The van der Waals surface area contributed by atoms with Crippen molar-refractivity contribution in [2.24, 2.45) is 0 Å². The summed E-state index contributed by atoms with van der Waals surface area (Å²) in [5, 5.41) is 9.22. The summed E-state index contributed by atoms with van der Waals surface area (Å²) in [5.41, 5.74) is 1.48. The summed E-state index contributed by atoms with van der Waals surface area (Å²) in [6.45, 7) is 1.85. The van der Waals surface area contributed by atoms with Crippen molar-refractivity contribution < 1.29 is 9.90 Å². The smallest absolute Gasteiger partial charge is 0.174 e. The Bertz CT molecular complexity index is 328. The molecule has 11 heavy (non-hydrogen) atoms. The number of fused-ring (bicyclic) bond motifs is 1. The van der Waals surface area contributed by atoms with Crippen LogP contribution in [0.4, 0.5) is 0 Å². The average Bonchev–Trinajstić information content (AvgIpc) is 2.03. The van der Waals surface area contributed by atoms with Gasteiger partial charge in [0.25, 0.3) is 0 Å². The lowest BCUT2D eigenvalue weighted by atomic mass is 9.77. The molecule has 0 heterocycles. The molecule has 1 unspecified atom stereocenters. The molecule has 1 N–H and O–H groups in total. The topological polar surface area (TPSA) is 37.3 Å². The number of carbonyl (C=O) groups is 1. The maximum Gasteiger partial charge on any atom is 0.174 e. The first kappa shape index (κ1) is 6.40. The molecule has 0 radical (unpaired) electrons. The van der Waals surface area contributed by atoms with Gasteiger partial charge in [-0.05, 0) is 11.6 Å². The number of hydrogen-bond acceptors (Lipinski definition) is 2. The van der Waals surface area contributed by atoms with Crippen LogP contribution in [0.25, 0.3) is 0 Å². The quantitative estimate of drug-likeness (QED) is 0.607. The van der Waals surface area contributed by atoms with Gasteiger partial charge in [-0.15, -0.1) is 0 Å². The highest BCUT2D eigenvalue weighted by atomic mass is 16.3. The zero-order valence-corrected chi connectivity index (χ0v) is 6.16. The monoisotopic (exact) mass is 148 g/mol. The first-order valence-electron chi connectivity index (χ1n) is 3.58. The molecule has 0 fully saturated rings. The van der Waals surface area contributed by atoms with E-state index in [1.165, 1.54) is 0 Å². The summed E-state index contributed by atoms with van der Waals surface area (Å²) in [7, 11) is 0. The molecule has 2 nitrogen and oxygen atoms in total. The number of phenolic OH excluding ortho intramolecular Hbond substituents is 1. The molecule has 1 aliphatic carbocycles. The third kappa shape index (κ3) is 0.638. The van der Waals surface area contributed by atoms with E-state index >= 15 is 0 Å². The highest BCUT2D eigenvalue weighted by Crippen LogP contribution is 2.39. The number of aromatic hydroxyl groups is 1. The van der Waals surface area contributed by atoms with Crippen LogP contribution < -0.4 is 0 Å². The molecule has 0 aliphatic heterocycles. The summed E-state index contributed by atoms with van der Waals surface area (Å²) in [4.78, 5) is 11.1. The summed E-state index contributed by atoms with van der Waals surface area (Å²) < 4.78 is 0. The van der Waals surface area contributed by atoms with Crippen molar-refractivity contribution in [3.8, 4) is 5.75 Å². The molecule has 0 bridgehead atoms. The van der Waals surface area contributed by atoms with Gasteiger partial charge >= 0.3 is 0 Å². The molecular formula is C9H8O2. The highest BCUT2D eigenvalue weighted by Gasteiger charge is 2.34. The van der Waals surface area contributed by atoms with Crippen molar-refractivity contribution in [3.63, 3.8) is 0 Å². The molecule has 1 atom stereocenters. The van der Waals surface area contributed by atoms with Crippen LogP contribution in [0.1, 0.15) is 28.8 Å². The Balaban J connectivity index is 2.66. The normalized spacial score (nSPS) is 20.8. The van der Waals surface area contributed by atoms with Crippen LogP contribution in [0.2, 0.25) is 0 Å². The zero-order valence-electron chi connectivity index (χ0n) is 6.16. The van der Waals surface area contributed by atoms with Gasteiger partial charge in [-0.2, -0.15) is 0 Å². The van der Waals surface area contributed by atoms with Crippen LogP contribution in [-0.4, -0.2) is 10.9 Å². The van der Waals surface area contributed by atoms with E-state index in [4.69, 9.17) is 0 Å². The van der Waals surface area contributed by atoms with E-state index < -0.39 is 0 Å². The lowest BCUT2D eigenvalue weighted by Gasteiger charge is -2.25. The molecule has 0 saturated heterocycles. The minimum atomic E-state index is -0.0166. The first-order valence-corrected chi connectivity index (χ1v) is 3.58. The Labute approximate surface area is 64.5 Å². The third-order valence-corrected chi connectivity index (χ3v) is 2.18. The van der Waals surface area contributed by atoms with Crippen LogP contribution in [0, 0.1) is 0 Å². The van der Waals surface area contributed by atoms with Gasteiger partial charge in [-0.25, -0.2) is 0 Å². The molecule has 0 amide bonds. The van der Waals surface area contributed by atoms with Gasteiger partial charge in [0, 0.05) is 5.92 Å². The largest absolute Gasteiger partial charge is 0.507 e. The van der Waals surface area contributed by atoms with Crippen LogP contribution in [-0.2, 0) is 0 Å². The summed E-state index contributed by atoms with van der Waals surface area (Å²) in [5.74, 6) is 0.154. The fourth-order valence-corrected chi connectivity index (χ4v) is 1.47. The van der Waals surface area contributed by atoms with E-state index in [1.54, 1.807) is 12.1 Å². The average molecular weight is 148 g/mol. The maximum atomic E-state index is 11.1. The number of carbonyl (C=O) groups excluding carboxylic acids is 1. The van der Waals surface area contributed by atoms with Crippen LogP contribution >= 0.6 is 0 Å². The van der Waals surface area contributed by atoms with E-state index in [2.05, 4.69) is 0 Å². The van der Waals surface area contributed by atoms with Gasteiger partial charge in [0.2, 0.25) is 0 Å². The number of Topliss-reactive ketones (excluding diaryl/α,β-unsaturated/α-hetero) is 1. The number of ketones is 1. The lowest BCUT2D eigenvalue weighted by Crippen LogP contribution is -2.23. The van der Waals surface area contributed by atoms with E-state index in [1.807, 2.05) is 13.0 Å². The van der Waals surface area contributed by atoms with Crippen LogP contribution in [0.15, 0.2) is 18.2 Å². The second-order valence-corrected chi connectivity index (χ2v) is 2.83. The standard InChI is InChI=1S/C9H8O2/c1-5-6-3-2-4-7(10)8(6)9(5)11/h2-5,10H,1H3. The fourth-order valence-electron chi connectivity index (χ4n) is 1.47. The predicted octanol–water partition coefficient (Wildman–Crippen LogP) is 1.69. The molecule has 1 aliphatic rings. The van der Waals surface area contributed by atoms with Crippen molar-refractivity contribution in [1.29, 1.82) is 0 Å². The number of benzene rings is 1. The number of phenols is 1. The second kappa shape index (κ2) is 1.84. The second-order valence-electron chi connectivity index (χ2n) is 2.83. The zero-order chi connectivity index (χ0) is 8.01. The Kier molecular flexibility index (Phi) is 1.07. The molecule has 1 aromatic carbocycles. The van der Waals surface area contributed by atoms with Gasteiger partial charge in [0.05, 0.1) is 5.56 Å². The molecule has 56 valence electrons. The summed E-state index contributed by atoms with van der Waals surface area (Å²) in [6.07, 6.45) is 0. The lowest BCUT2D eigenvalue weighted by molar-refractivity contribution is 0.0931. The van der Waals surface area contributed by atoms with Gasteiger partial charge in [0.15, 0.2) is 5.78 Å². The van der Waals surface area contributed by atoms with E-state index in [0.29, 0.717) is 5.56 Å². The minimum absolute atomic E-state index is 0.0166. The highest BCUT2D eigenvalue weighted by molar-refractivity contribution is 6.12. The van der Waals surface area contributed by atoms with Crippen LogP contribution in [0.3, 0.4) is 0 Å². The molecule has 0 saturated carbocycles. The summed E-state index contributed by atoms with van der Waals surface area (Å²) >= 11 is 0. The molecule has 2 rings (SSSR count). The Morgan fingerprint density at radius 1 is 1.45 bits per heavy atom.